The Kier molecular flexibility index (Phi) is 4.74. The molecule has 5 nitrogen and oxygen atoms in total. The van der Waals surface area contributed by atoms with Crippen LogP contribution in [0.25, 0.3) is 0 Å². The number of carbonyl (C=O) groups is 2. The third kappa shape index (κ3) is 3.57. The number of carboxylic acids is 1. The zero-order valence-corrected chi connectivity index (χ0v) is 11.5. The van der Waals surface area contributed by atoms with E-state index in [-0.39, 0.29) is 11.8 Å². The third-order valence-electron chi connectivity index (χ3n) is 3.58. The maximum absolute atomic E-state index is 12.0. The molecule has 1 amide bonds. The molecule has 2 N–H and O–H groups in total. The van der Waals surface area contributed by atoms with Crippen molar-refractivity contribution in [3.8, 4) is 0 Å². The summed E-state index contributed by atoms with van der Waals surface area (Å²) in [5.41, 5.74) is 1.40. The zero-order chi connectivity index (χ0) is 14.5. The first-order valence-electron chi connectivity index (χ1n) is 6.79. The van der Waals surface area contributed by atoms with Gasteiger partial charge < -0.3 is 15.2 Å². The number of benzene rings is 1. The molecule has 0 radical (unpaired) electrons. The molecule has 1 saturated heterocycles. The Morgan fingerprint density at radius 3 is 2.60 bits per heavy atom. The van der Waals surface area contributed by atoms with E-state index >= 15 is 0 Å². The van der Waals surface area contributed by atoms with Crippen LogP contribution in [-0.2, 0) is 14.3 Å². The number of aliphatic carboxylic acids is 1. The molecule has 1 heterocycles. The molecule has 0 bridgehead atoms. The van der Waals surface area contributed by atoms with Gasteiger partial charge >= 0.3 is 5.97 Å². The maximum Gasteiger partial charge on any atom is 0.310 e. The minimum absolute atomic E-state index is 0.0382. The largest absolute Gasteiger partial charge is 0.481 e. The summed E-state index contributed by atoms with van der Waals surface area (Å²) in [6.45, 7) is 2.83. The highest BCUT2D eigenvalue weighted by molar-refractivity contribution is 5.92. The van der Waals surface area contributed by atoms with Crippen molar-refractivity contribution in [1.82, 2.24) is 0 Å². The highest BCUT2D eigenvalue weighted by Crippen LogP contribution is 2.20. The van der Waals surface area contributed by atoms with Gasteiger partial charge in [0.1, 0.15) is 0 Å². The Hall–Kier alpha value is -1.88. The Labute approximate surface area is 117 Å². The number of rotatable bonds is 4. The lowest BCUT2D eigenvalue weighted by Crippen LogP contribution is -2.30. The van der Waals surface area contributed by atoms with Gasteiger partial charge in [-0.15, -0.1) is 0 Å². The average Bonchev–Trinajstić information content (AvgIpc) is 2.48. The van der Waals surface area contributed by atoms with Crippen molar-refractivity contribution in [2.45, 2.75) is 25.7 Å². The summed E-state index contributed by atoms with van der Waals surface area (Å²) in [7, 11) is 0. The zero-order valence-electron chi connectivity index (χ0n) is 11.5. The molecule has 1 aromatic rings. The summed E-state index contributed by atoms with van der Waals surface area (Å²) in [6, 6.07) is 6.92. The number of amides is 1. The van der Waals surface area contributed by atoms with E-state index in [9.17, 15) is 9.59 Å². The fraction of sp³-hybridized carbons (Fsp3) is 0.467. The SMILES string of the molecule is CC(C(=O)O)c1ccc(NC(=O)C2CCCOC2)cc1. The number of hydrogen-bond donors (Lipinski definition) is 2. The van der Waals surface area contributed by atoms with E-state index in [4.69, 9.17) is 9.84 Å². The molecule has 2 rings (SSSR count). The van der Waals surface area contributed by atoms with Gasteiger partial charge in [-0.3, -0.25) is 9.59 Å². The van der Waals surface area contributed by atoms with Gasteiger partial charge in [-0.2, -0.15) is 0 Å². The van der Waals surface area contributed by atoms with Crippen LogP contribution in [-0.4, -0.2) is 30.2 Å². The third-order valence-corrected chi connectivity index (χ3v) is 3.58. The first kappa shape index (κ1) is 14.5. The number of nitrogens with one attached hydrogen (secondary N) is 1. The molecule has 20 heavy (non-hydrogen) atoms. The first-order chi connectivity index (χ1) is 9.58. The van der Waals surface area contributed by atoms with Crippen LogP contribution >= 0.6 is 0 Å². The van der Waals surface area contributed by atoms with Gasteiger partial charge in [0.25, 0.3) is 0 Å². The highest BCUT2D eigenvalue weighted by atomic mass is 16.5. The van der Waals surface area contributed by atoms with Crippen molar-refractivity contribution in [2.24, 2.45) is 5.92 Å². The first-order valence-corrected chi connectivity index (χ1v) is 6.79. The van der Waals surface area contributed by atoms with E-state index in [0.717, 1.165) is 25.0 Å². The van der Waals surface area contributed by atoms with Crippen molar-refractivity contribution in [3.63, 3.8) is 0 Å². The van der Waals surface area contributed by atoms with Crippen molar-refractivity contribution in [1.29, 1.82) is 0 Å². The van der Waals surface area contributed by atoms with E-state index in [2.05, 4.69) is 5.32 Å². The summed E-state index contributed by atoms with van der Waals surface area (Å²) in [5.74, 6) is -1.54. The average molecular weight is 277 g/mol. The van der Waals surface area contributed by atoms with Crippen LogP contribution in [0.1, 0.15) is 31.2 Å². The quantitative estimate of drug-likeness (QED) is 0.885. The van der Waals surface area contributed by atoms with Crippen molar-refractivity contribution >= 4 is 17.6 Å². The summed E-state index contributed by atoms with van der Waals surface area (Å²) in [6.07, 6.45) is 1.76. The molecule has 2 unspecified atom stereocenters. The van der Waals surface area contributed by atoms with Crippen LogP contribution in [0.4, 0.5) is 5.69 Å². The predicted molar refractivity (Wildman–Crippen MR) is 74.7 cm³/mol. The van der Waals surface area contributed by atoms with Crippen molar-refractivity contribution in [3.05, 3.63) is 29.8 Å². The monoisotopic (exact) mass is 277 g/mol. The molecule has 0 aliphatic carbocycles. The van der Waals surface area contributed by atoms with Crippen LogP contribution in [0.15, 0.2) is 24.3 Å². The summed E-state index contributed by atoms with van der Waals surface area (Å²) in [5, 5.41) is 11.8. The second-order valence-electron chi connectivity index (χ2n) is 5.09. The van der Waals surface area contributed by atoms with Crippen LogP contribution in [0.2, 0.25) is 0 Å². The van der Waals surface area contributed by atoms with Gasteiger partial charge in [-0.1, -0.05) is 12.1 Å². The number of hydrogen-bond acceptors (Lipinski definition) is 3. The minimum atomic E-state index is -0.860. The predicted octanol–water partition coefficient (Wildman–Crippen LogP) is 2.24. The number of carbonyl (C=O) groups excluding carboxylic acids is 1. The second-order valence-corrected chi connectivity index (χ2v) is 5.09. The Morgan fingerprint density at radius 2 is 2.05 bits per heavy atom. The standard InChI is InChI=1S/C15H19NO4/c1-10(15(18)19)11-4-6-13(7-5-11)16-14(17)12-3-2-8-20-9-12/h4-7,10,12H,2-3,8-9H2,1H3,(H,16,17)(H,18,19). The second kappa shape index (κ2) is 6.52. The topological polar surface area (TPSA) is 75.6 Å². The highest BCUT2D eigenvalue weighted by Gasteiger charge is 2.21. The molecule has 0 spiro atoms. The van der Waals surface area contributed by atoms with E-state index in [0.29, 0.717) is 12.3 Å². The smallest absolute Gasteiger partial charge is 0.310 e. The molecule has 1 aliphatic heterocycles. The Balaban J connectivity index is 1.96. The number of carboxylic acid groups (broad SMARTS) is 1. The van der Waals surface area contributed by atoms with Crippen LogP contribution in [0.5, 0.6) is 0 Å². The minimum Gasteiger partial charge on any atom is -0.481 e. The van der Waals surface area contributed by atoms with Crippen LogP contribution in [0.3, 0.4) is 0 Å². The molecule has 1 aliphatic rings. The Morgan fingerprint density at radius 1 is 1.35 bits per heavy atom. The molecule has 2 atom stereocenters. The molecule has 1 aromatic carbocycles. The van der Waals surface area contributed by atoms with Gasteiger partial charge in [0.05, 0.1) is 18.4 Å². The molecular weight excluding hydrogens is 258 g/mol. The molecule has 1 fully saturated rings. The van der Waals surface area contributed by atoms with Gasteiger partial charge in [0, 0.05) is 12.3 Å². The normalized spacial score (nSPS) is 20.1. The van der Waals surface area contributed by atoms with Gasteiger partial charge in [-0.05, 0) is 37.5 Å². The lowest BCUT2D eigenvalue weighted by atomic mass is 10.00. The van der Waals surface area contributed by atoms with Gasteiger partial charge in [0.2, 0.25) is 5.91 Å². The lowest BCUT2D eigenvalue weighted by Gasteiger charge is -2.21. The number of ether oxygens (including phenoxy) is 1. The molecule has 0 aromatic heterocycles. The Bertz CT molecular complexity index is 477. The van der Waals surface area contributed by atoms with E-state index in [1.807, 2.05) is 0 Å². The number of anilines is 1. The summed E-state index contributed by atoms with van der Waals surface area (Å²) >= 11 is 0. The van der Waals surface area contributed by atoms with Gasteiger partial charge in [-0.25, -0.2) is 0 Å². The van der Waals surface area contributed by atoms with Crippen molar-refractivity contribution < 1.29 is 19.4 Å². The fourth-order valence-electron chi connectivity index (χ4n) is 2.19. The lowest BCUT2D eigenvalue weighted by molar-refractivity contribution is -0.138. The summed E-state index contributed by atoms with van der Waals surface area (Å²) < 4.78 is 5.29. The van der Waals surface area contributed by atoms with E-state index < -0.39 is 11.9 Å². The van der Waals surface area contributed by atoms with Crippen LogP contribution < -0.4 is 5.32 Å². The molecule has 0 saturated carbocycles. The van der Waals surface area contributed by atoms with E-state index in [1.54, 1.807) is 31.2 Å². The van der Waals surface area contributed by atoms with Crippen LogP contribution in [0, 0.1) is 5.92 Å². The van der Waals surface area contributed by atoms with E-state index in [1.165, 1.54) is 0 Å². The molecular formula is C15H19NO4. The summed E-state index contributed by atoms with van der Waals surface area (Å²) in [4.78, 5) is 22.9. The van der Waals surface area contributed by atoms with Crippen molar-refractivity contribution in [2.75, 3.05) is 18.5 Å². The fourth-order valence-corrected chi connectivity index (χ4v) is 2.19. The molecule has 5 heteroatoms. The molecule has 108 valence electrons. The maximum atomic E-state index is 12.0. The van der Waals surface area contributed by atoms with Gasteiger partial charge in [0.15, 0.2) is 0 Å².